The summed E-state index contributed by atoms with van der Waals surface area (Å²) >= 11 is 1.58. The average molecular weight is 457 g/mol. The van der Waals surface area contributed by atoms with Crippen molar-refractivity contribution in [2.75, 3.05) is 27.1 Å². The van der Waals surface area contributed by atoms with Gasteiger partial charge in [0.2, 0.25) is 5.75 Å². The Kier molecular flexibility index (Phi) is 6.38. The van der Waals surface area contributed by atoms with Gasteiger partial charge in [0.15, 0.2) is 17.3 Å². The third-order valence-corrected chi connectivity index (χ3v) is 7.83. The zero-order valence-electron chi connectivity index (χ0n) is 18.6. The summed E-state index contributed by atoms with van der Waals surface area (Å²) < 4.78 is 17.6. The van der Waals surface area contributed by atoms with Crippen molar-refractivity contribution < 1.29 is 28.9 Å². The fourth-order valence-corrected chi connectivity index (χ4v) is 5.75. The Morgan fingerprint density at radius 1 is 1.06 bits per heavy atom. The summed E-state index contributed by atoms with van der Waals surface area (Å²) in [5, 5.41) is 9.31. The Balaban J connectivity index is 1.73. The molecule has 1 atom stereocenters. The number of aliphatic carboxylic acids is 1. The number of Topliss-reactive ketones (excluding diaryl/α,β-unsaturated/α-hetero) is 1. The third-order valence-electron chi connectivity index (χ3n) is 6.59. The number of benzene rings is 2. The van der Waals surface area contributed by atoms with Crippen molar-refractivity contribution in [2.24, 2.45) is 5.41 Å². The van der Waals surface area contributed by atoms with Crippen LogP contribution in [0, 0.1) is 5.41 Å². The van der Waals surface area contributed by atoms with Crippen molar-refractivity contribution in [2.45, 2.75) is 37.4 Å². The van der Waals surface area contributed by atoms with Gasteiger partial charge in [-0.2, -0.15) is 11.8 Å². The van der Waals surface area contributed by atoms with Gasteiger partial charge in [0.1, 0.15) is 0 Å². The minimum atomic E-state index is -0.792. The van der Waals surface area contributed by atoms with E-state index in [1.165, 1.54) is 0 Å². The van der Waals surface area contributed by atoms with Gasteiger partial charge in [-0.05, 0) is 48.8 Å². The van der Waals surface area contributed by atoms with E-state index in [1.54, 1.807) is 26.0 Å². The summed E-state index contributed by atoms with van der Waals surface area (Å²) in [6, 6.07) is 9.57. The molecule has 0 amide bonds. The van der Waals surface area contributed by atoms with Crippen LogP contribution in [0.25, 0.3) is 11.1 Å². The standard InChI is InChI=1S/C25H28O6S/c1-29-20-10-8-18(15-5-4-6-17-16(15)7-9-19(17)26)23(24(20)30-2)31-14-25(11-12-25)21(32-3)13-22(27)28/h4-6,8,10,21H,7,9,11-14H2,1-3H3,(H,27,28). The number of methoxy groups -OCH3 is 2. The minimum absolute atomic E-state index is 0.0151. The lowest BCUT2D eigenvalue weighted by atomic mass is 9.95. The first-order chi connectivity index (χ1) is 15.4. The van der Waals surface area contributed by atoms with Crippen LogP contribution >= 0.6 is 11.8 Å². The number of carboxylic acid groups (broad SMARTS) is 1. The topological polar surface area (TPSA) is 82.1 Å². The van der Waals surface area contributed by atoms with Gasteiger partial charge in [-0.15, -0.1) is 0 Å². The first-order valence-electron chi connectivity index (χ1n) is 10.7. The molecule has 2 aliphatic carbocycles. The normalized spacial score (nSPS) is 16.9. The van der Waals surface area contributed by atoms with Crippen molar-refractivity contribution in [3.8, 4) is 28.4 Å². The maximum atomic E-state index is 12.3. The van der Waals surface area contributed by atoms with Crippen molar-refractivity contribution in [3.05, 3.63) is 41.5 Å². The Morgan fingerprint density at radius 2 is 1.81 bits per heavy atom. The molecule has 0 radical (unpaired) electrons. The molecule has 170 valence electrons. The van der Waals surface area contributed by atoms with E-state index in [9.17, 15) is 14.7 Å². The molecule has 1 saturated carbocycles. The van der Waals surface area contributed by atoms with E-state index < -0.39 is 5.97 Å². The van der Waals surface area contributed by atoms with E-state index in [1.807, 2.05) is 36.6 Å². The SMILES string of the molecule is COc1ccc(-c2cccc3c2CCC3=O)c(OCC2(C(CC(=O)O)SC)CC2)c1OC. The van der Waals surface area contributed by atoms with E-state index in [0.717, 1.165) is 35.1 Å². The molecule has 0 bridgehead atoms. The summed E-state index contributed by atoms with van der Waals surface area (Å²) in [5.41, 5.74) is 3.44. The highest BCUT2D eigenvalue weighted by Crippen LogP contribution is 2.55. The molecule has 2 aromatic rings. The lowest BCUT2D eigenvalue weighted by Gasteiger charge is -2.26. The Labute approximate surface area is 192 Å². The van der Waals surface area contributed by atoms with Gasteiger partial charge >= 0.3 is 5.97 Å². The largest absolute Gasteiger partial charge is 0.493 e. The number of hydrogen-bond acceptors (Lipinski definition) is 6. The molecule has 6 nitrogen and oxygen atoms in total. The zero-order valence-corrected chi connectivity index (χ0v) is 19.4. The second-order valence-electron chi connectivity index (χ2n) is 8.41. The number of fused-ring (bicyclic) bond motifs is 1. The summed E-state index contributed by atoms with van der Waals surface area (Å²) in [5.74, 6) is 1.01. The highest BCUT2D eigenvalue weighted by molar-refractivity contribution is 7.99. The lowest BCUT2D eigenvalue weighted by molar-refractivity contribution is -0.137. The molecular formula is C25H28O6S. The van der Waals surface area contributed by atoms with E-state index >= 15 is 0 Å². The van der Waals surface area contributed by atoms with E-state index in [-0.39, 0.29) is 22.9 Å². The molecular weight excluding hydrogens is 428 g/mol. The van der Waals surface area contributed by atoms with Gasteiger partial charge in [0.25, 0.3) is 0 Å². The van der Waals surface area contributed by atoms with Crippen LogP contribution in [0.1, 0.15) is 41.6 Å². The first kappa shape index (κ1) is 22.5. The lowest BCUT2D eigenvalue weighted by Crippen LogP contribution is -2.28. The second-order valence-corrected chi connectivity index (χ2v) is 9.45. The fourth-order valence-electron chi connectivity index (χ4n) is 4.64. The van der Waals surface area contributed by atoms with E-state index in [2.05, 4.69) is 0 Å². The molecule has 2 aromatic carbocycles. The van der Waals surface area contributed by atoms with E-state index in [4.69, 9.17) is 14.2 Å². The molecule has 0 aliphatic heterocycles. The molecule has 0 spiro atoms. The van der Waals surface area contributed by atoms with Gasteiger partial charge in [0.05, 0.1) is 27.2 Å². The van der Waals surface area contributed by atoms with Crippen molar-refractivity contribution in [1.29, 1.82) is 0 Å². The third kappa shape index (κ3) is 4.06. The number of carbonyl (C=O) groups is 2. The van der Waals surface area contributed by atoms with Crippen LogP contribution in [-0.2, 0) is 11.2 Å². The molecule has 0 heterocycles. The monoisotopic (exact) mass is 456 g/mol. The average Bonchev–Trinajstić information content (AvgIpc) is 3.50. The Bertz CT molecular complexity index is 1040. The first-order valence-corrected chi connectivity index (χ1v) is 12.0. The maximum Gasteiger partial charge on any atom is 0.304 e. The molecule has 1 fully saturated rings. The van der Waals surface area contributed by atoms with Crippen LogP contribution in [0.5, 0.6) is 17.2 Å². The fraction of sp³-hybridized carbons (Fsp3) is 0.440. The number of ether oxygens (including phenoxy) is 3. The van der Waals surface area contributed by atoms with Crippen LogP contribution in [0.2, 0.25) is 0 Å². The quantitative estimate of drug-likeness (QED) is 0.546. The Morgan fingerprint density at radius 3 is 2.44 bits per heavy atom. The summed E-state index contributed by atoms with van der Waals surface area (Å²) in [6.45, 7) is 0.399. The number of thioether (sulfide) groups is 1. The van der Waals surface area contributed by atoms with Gasteiger partial charge in [-0.3, -0.25) is 9.59 Å². The smallest absolute Gasteiger partial charge is 0.304 e. The number of hydrogen-bond donors (Lipinski definition) is 1. The molecule has 0 aromatic heterocycles. The highest BCUT2D eigenvalue weighted by Gasteiger charge is 2.50. The number of carbonyl (C=O) groups excluding carboxylic acids is 1. The van der Waals surface area contributed by atoms with Crippen molar-refractivity contribution in [3.63, 3.8) is 0 Å². The zero-order chi connectivity index (χ0) is 22.9. The van der Waals surface area contributed by atoms with Crippen molar-refractivity contribution in [1.82, 2.24) is 0 Å². The van der Waals surface area contributed by atoms with Crippen LogP contribution in [-0.4, -0.2) is 49.2 Å². The van der Waals surface area contributed by atoms with Gasteiger partial charge in [-0.25, -0.2) is 0 Å². The molecule has 32 heavy (non-hydrogen) atoms. The second kappa shape index (κ2) is 9.06. The molecule has 1 unspecified atom stereocenters. The number of carboxylic acids is 1. The predicted octanol–water partition coefficient (Wildman–Crippen LogP) is 4.87. The number of rotatable bonds is 10. The molecule has 1 N–H and O–H groups in total. The van der Waals surface area contributed by atoms with Crippen LogP contribution in [0.4, 0.5) is 0 Å². The molecule has 4 rings (SSSR count). The van der Waals surface area contributed by atoms with Gasteiger partial charge < -0.3 is 19.3 Å². The Hall–Kier alpha value is -2.67. The summed E-state index contributed by atoms with van der Waals surface area (Å²) in [4.78, 5) is 23.6. The number of ketones is 1. The highest BCUT2D eigenvalue weighted by atomic mass is 32.2. The van der Waals surface area contributed by atoms with Gasteiger partial charge in [0, 0.05) is 28.2 Å². The summed E-state index contributed by atoms with van der Waals surface area (Å²) in [6.07, 6.45) is 5.15. The van der Waals surface area contributed by atoms with Gasteiger partial charge in [-0.1, -0.05) is 18.2 Å². The van der Waals surface area contributed by atoms with Crippen LogP contribution in [0.3, 0.4) is 0 Å². The minimum Gasteiger partial charge on any atom is -0.493 e. The van der Waals surface area contributed by atoms with Crippen molar-refractivity contribution >= 4 is 23.5 Å². The summed E-state index contributed by atoms with van der Waals surface area (Å²) in [7, 11) is 3.16. The van der Waals surface area contributed by atoms with Crippen LogP contribution < -0.4 is 14.2 Å². The predicted molar refractivity (Wildman–Crippen MR) is 124 cm³/mol. The molecule has 7 heteroatoms. The van der Waals surface area contributed by atoms with Crippen LogP contribution in [0.15, 0.2) is 30.3 Å². The maximum absolute atomic E-state index is 12.3. The molecule has 2 aliphatic rings. The van der Waals surface area contributed by atoms with E-state index in [0.29, 0.717) is 36.7 Å². The molecule has 0 saturated heterocycles.